The standard InChI is InChI=1S/C12H8F3N5O3S.C6H4ClFN4O3S.C6H5F2N.I3.I2.HI/c1-23-12-16-5-8(15)10-17-11(18-20(10)12)24(21,22)19-9-6(13)3-2-4-7(9)14;1-15-6-9-2-3(8)4-10-5(11-12(4)6)16(7,13)14;7-4-2-1-3-5(8)6(4)9;1-3-2;1-2;/h2-5,19H,1H3;2H,1H3;1-3H,9H2;;;1H/q;;;-1;;. The summed E-state index contributed by atoms with van der Waals surface area (Å²) in [7, 11) is -1.20. The number of nitrogens with zero attached hydrogens (tertiary/aromatic N) is 8. The van der Waals surface area contributed by atoms with E-state index in [0.717, 1.165) is 47.2 Å². The maximum atomic E-state index is 13.7. The van der Waals surface area contributed by atoms with Crippen LogP contribution in [0, 0.1) is 34.9 Å². The van der Waals surface area contributed by atoms with Crippen molar-refractivity contribution in [3.05, 3.63) is 83.7 Å². The molecular formula is C24H18ClF6I6N10O6S2-. The average molecular weight is 1520 g/mol. The smallest absolute Gasteiger partial charge is 0.149 e. The van der Waals surface area contributed by atoms with Crippen LogP contribution in [0.1, 0.15) is 0 Å². The first kappa shape index (κ1) is 51.9. The van der Waals surface area contributed by atoms with Gasteiger partial charge in [-0.3, -0.25) is 4.72 Å². The monoisotopic (exact) mass is 1520 g/mol. The van der Waals surface area contributed by atoms with Crippen molar-refractivity contribution in [3.8, 4) is 12.0 Å². The summed E-state index contributed by atoms with van der Waals surface area (Å²) in [6.07, 6.45) is 1.61. The number of hydrogen-bond acceptors (Lipinski definition) is 13. The number of nitrogen functional groups attached to an aromatic ring is 1. The minimum absolute atomic E-state index is 0. The number of sulfonamides is 1. The molecule has 31 heteroatoms. The van der Waals surface area contributed by atoms with Crippen molar-refractivity contribution in [1.29, 1.82) is 0 Å². The number of methoxy groups -OCH3 is 2. The Hall–Kier alpha value is -1.11. The summed E-state index contributed by atoms with van der Waals surface area (Å²) >= 11 is 9.54. The minimum Gasteiger partial charge on any atom is -0.394 e. The fraction of sp³-hybridized carbons (Fsp3) is 0.0833. The molecule has 304 valence electrons. The first-order valence-corrected chi connectivity index (χ1v) is 35.6. The molecule has 4 heterocycles. The van der Waals surface area contributed by atoms with Gasteiger partial charge in [0.1, 0.15) is 34.6 Å². The Morgan fingerprint density at radius 3 is 1.45 bits per heavy atom. The number of benzene rings is 2. The molecule has 2 aromatic carbocycles. The van der Waals surface area contributed by atoms with Crippen LogP contribution in [0.15, 0.2) is 59.1 Å². The third-order valence-corrected chi connectivity index (χ3v) is 7.71. The zero-order chi connectivity index (χ0) is 41.0. The van der Waals surface area contributed by atoms with Crippen molar-refractivity contribution in [2.75, 3.05) is 24.7 Å². The van der Waals surface area contributed by atoms with Gasteiger partial charge in [0.25, 0.3) is 29.4 Å². The predicted molar refractivity (Wildman–Crippen MR) is 227 cm³/mol. The Bertz CT molecular complexity index is 2400. The van der Waals surface area contributed by atoms with Gasteiger partial charge in [0.15, 0.2) is 22.9 Å². The van der Waals surface area contributed by atoms with Crippen LogP contribution in [0.5, 0.6) is 12.0 Å². The Balaban J connectivity index is 0.000000420. The van der Waals surface area contributed by atoms with Gasteiger partial charge in [-0.1, -0.05) is 12.1 Å². The molecule has 0 saturated heterocycles. The van der Waals surface area contributed by atoms with E-state index < -0.39 is 81.3 Å². The van der Waals surface area contributed by atoms with Crippen LogP contribution in [0.3, 0.4) is 0 Å². The molecule has 0 atom stereocenters. The molecule has 16 nitrogen and oxygen atoms in total. The third-order valence-electron chi connectivity index (χ3n) is 5.56. The number of rotatable bonds is 6. The van der Waals surface area contributed by atoms with Crippen LogP contribution >= 0.6 is 109 Å². The molecule has 0 amide bonds. The van der Waals surface area contributed by atoms with Crippen molar-refractivity contribution in [2.45, 2.75) is 10.3 Å². The zero-order valence-electron chi connectivity index (χ0n) is 26.5. The predicted octanol–water partition coefficient (Wildman–Crippen LogP) is 4.26. The number of ether oxygens (including phenoxy) is 2. The summed E-state index contributed by atoms with van der Waals surface area (Å²) in [6, 6.07) is 5.96. The Morgan fingerprint density at radius 2 is 1.09 bits per heavy atom. The molecule has 0 saturated carbocycles. The molecule has 6 aromatic rings. The molecule has 4 aromatic heterocycles. The molecule has 55 heavy (non-hydrogen) atoms. The molecule has 0 fully saturated rings. The first-order chi connectivity index (χ1) is 25.4. The van der Waals surface area contributed by atoms with Gasteiger partial charge in [0, 0.05) is 47.9 Å². The molecule has 0 unspecified atom stereocenters. The summed E-state index contributed by atoms with van der Waals surface area (Å²) in [5.41, 5.74) is 2.81. The number of para-hydroxylation sites is 2. The average Bonchev–Trinajstić information content (AvgIpc) is 3.80. The van der Waals surface area contributed by atoms with Crippen molar-refractivity contribution in [3.63, 3.8) is 0 Å². The summed E-state index contributed by atoms with van der Waals surface area (Å²) in [5.74, 6) is -5.48. The second kappa shape index (κ2) is 24.1. The second-order valence-electron chi connectivity index (χ2n) is 8.77. The third kappa shape index (κ3) is 14.3. The number of nitrogens with two attached hydrogens (primary N) is 1. The van der Waals surface area contributed by atoms with Gasteiger partial charge >= 0.3 is 62.5 Å². The Morgan fingerprint density at radius 1 is 0.727 bits per heavy atom. The first-order valence-electron chi connectivity index (χ1n) is 12.9. The van der Waals surface area contributed by atoms with Crippen LogP contribution < -0.4 is 33.2 Å². The molecule has 3 N–H and O–H groups in total. The van der Waals surface area contributed by atoms with Gasteiger partial charge in [-0.15, -0.1) is 34.2 Å². The number of halogens is 13. The maximum Gasteiger partial charge on any atom is 0.149 e. The number of fused-ring (bicyclic) bond motifs is 2. The van der Waals surface area contributed by atoms with E-state index >= 15 is 0 Å². The van der Waals surface area contributed by atoms with Gasteiger partial charge < -0.3 is 15.2 Å². The normalized spacial score (nSPS) is 10.6. The quantitative estimate of drug-likeness (QED) is 0.104. The van der Waals surface area contributed by atoms with Gasteiger partial charge in [0.05, 0.1) is 26.6 Å². The molecule has 0 spiro atoms. The van der Waals surface area contributed by atoms with Gasteiger partial charge in [-0.2, -0.15) is 27.4 Å². The van der Waals surface area contributed by atoms with E-state index in [1.807, 2.05) is 0 Å². The van der Waals surface area contributed by atoms with E-state index in [-0.39, 0.29) is 41.6 Å². The molecule has 0 aliphatic heterocycles. The molecule has 0 bridgehead atoms. The van der Waals surface area contributed by atoms with E-state index in [1.54, 1.807) is 4.72 Å². The number of aromatic nitrogens is 8. The molecule has 6 rings (SSSR count). The van der Waals surface area contributed by atoms with Crippen molar-refractivity contribution < 1.29 is 65.9 Å². The fourth-order valence-electron chi connectivity index (χ4n) is 3.39. The minimum atomic E-state index is -4.58. The largest absolute Gasteiger partial charge is 0.394 e. The summed E-state index contributed by atoms with van der Waals surface area (Å²) in [6.45, 7) is 0. The second-order valence-corrected chi connectivity index (χ2v) is 29.1. The summed E-state index contributed by atoms with van der Waals surface area (Å²) in [4.78, 5) is 14.0. The molecule has 0 aliphatic rings. The number of hydrogen-bond donors (Lipinski definition) is 2. The number of anilines is 2. The number of nitrogens with one attached hydrogen (secondary N) is 1. The van der Waals surface area contributed by atoms with E-state index in [4.69, 9.17) is 25.9 Å². The van der Waals surface area contributed by atoms with Gasteiger partial charge in [0.2, 0.25) is 0 Å². The van der Waals surface area contributed by atoms with E-state index in [1.165, 1.54) is 20.3 Å². The van der Waals surface area contributed by atoms with Crippen LogP contribution in [-0.2, 0) is 19.1 Å². The van der Waals surface area contributed by atoms with Gasteiger partial charge in [-0.05, 0) is 24.3 Å². The van der Waals surface area contributed by atoms with Crippen molar-refractivity contribution in [1.82, 2.24) is 39.2 Å². The summed E-state index contributed by atoms with van der Waals surface area (Å²) < 4.78 is 138. The fourth-order valence-corrected chi connectivity index (χ4v) is 4.91. The van der Waals surface area contributed by atoms with Crippen LogP contribution in [-0.4, -0.2) is 70.2 Å². The van der Waals surface area contributed by atoms with Crippen molar-refractivity contribution in [2.24, 2.45) is 0 Å². The Labute approximate surface area is 381 Å². The van der Waals surface area contributed by atoms with E-state index in [9.17, 15) is 43.2 Å². The van der Waals surface area contributed by atoms with Crippen molar-refractivity contribution >= 4 is 151 Å². The SMILES string of the molecule is COc1ncc(F)c2nc(S(=O)(=O)Cl)nn12.COc1ncc(F)c2nc(S(=O)(=O)Nc3c(F)cccc3F)nn12.I.II.I[I-]I.Nc1c(F)cccc1F. The topological polar surface area (TPSA) is 211 Å². The molecular weight excluding hydrogens is 1500 g/mol. The maximum absolute atomic E-state index is 13.7. The Kier molecular flexibility index (Phi) is 22.7. The summed E-state index contributed by atoms with van der Waals surface area (Å²) in [5, 5.41) is 5.41. The van der Waals surface area contributed by atoms with Crippen LogP contribution in [0.2, 0.25) is 0 Å². The van der Waals surface area contributed by atoms with E-state index in [0.29, 0.717) is 17.8 Å². The zero-order valence-corrected chi connectivity index (χ0v) is 42.0. The van der Waals surface area contributed by atoms with Crippen LogP contribution in [0.25, 0.3) is 11.3 Å². The molecule has 0 radical (unpaired) electrons. The van der Waals surface area contributed by atoms with Gasteiger partial charge in [-0.25, -0.2) is 44.7 Å². The van der Waals surface area contributed by atoms with Crippen LogP contribution in [0.4, 0.5) is 37.7 Å². The van der Waals surface area contributed by atoms with E-state index in [2.05, 4.69) is 105 Å². The molecule has 0 aliphatic carbocycles.